The van der Waals surface area contributed by atoms with E-state index in [1.54, 1.807) is 0 Å². The molecule has 0 unspecified atom stereocenters. The van der Waals surface area contributed by atoms with E-state index in [0.717, 1.165) is 23.8 Å². The van der Waals surface area contributed by atoms with E-state index in [1.165, 1.54) is 28.0 Å². The summed E-state index contributed by atoms with van der Waals surface area (Å²) in [6.45, 7) is 0. The lowest BCUT2D eigenvalue weighted by Gasteiger charge is -2.24. The van der Waals surface area contributed by atoms with Gasteiger partial charge in [-0.2, -0.15) is 0 Å². The molecule has 0 radical (unpaired) electrons. The van der Waals surface area contributed by atoms with Crippen LogP contribution < -0.4 is 4.90 Å². The number of para-hydroxylation sites is 1. The molecule has 25 heavy (non-hydrogen) atoms. The van der Waals surface area contributed by atoms with E-state index in [1.807, 2.05) is 19.0 Å². The van der Waals surface area contributed by atoms with E-state index >= 15 is 0 Å². The molecule has 0 saturated carbocycles. The zero-order chi connectivity index (χ0) is 17.6. The largest absolute Gasteiger partial charge is 0.377 e. The summed E-state index contributed by atoms with van der Waals surface area (Å²) < 4.78 is 0. The molecule has 0 aromatic heterocycles. The number of benzene rings is 2. The molecule has 0 fully saturated rings. The van der Waals surface area contributed by atoms with Gasteiger partial charge >= 0.3 is 0 Å². The average molecular weight is 330 g/mol. The summed E-state index contributed by atoms with van der Waals surface area (Å²) >= 11 is 0. The highest BCUT2D eigenvalue weighted by molar-refractivity contribution is 6.26. The van der Waals surface area contributed by atoms with Crippen molar-refractivity contribution in [3.63, 3.8) is 0 Å². The summed E-state index contributed by atoms with van der Waals surface area (Å²) in [6.07, 6.45) is 0.875. The van der Waals surface area contributed by atoms with Gasteiger partial charge in [0.15, 0.2) is 0 Å². The minimum atomic E-state index is 0.765. The molecular formula is C21H22N4. The Hall–Kier alpha value is -2.88. The van der Waals surface area contributed by atoms with Crippen LogP contribution in [0.4, 0.5) is 5.69 Å². The topological polar surface area (TPSA) is 31.2 Å². The third-order valence-corrected chi connectivity index (χ3v) is 4.68. The molecule has 2 aromatic rings. The van der Waals surface area contributed by atoms with Crippen LogP contribution in [0.25, 0.3) is 5.57 Å². The quantitative estimate of drug-likeness (QED) is 0.845. The van der Waals surface area contributed by atoms with Crippen molar-refractivity contribution in [2.24, 2.45) is 9.98 Å². The van der Waals surface area contributed by atoms with Gasteiger partial charge < -0.3 is 9.80 Å². The van der Waals surface area contributed by atoms with Crippen molar-refractivity contribution in [3.05, 3.63) is 70.9 Å². The van der Waals surface area contributed by atoms with Crippen LogP contribution in [-0.4, -0.2) is 44.8 Å². The second kappa shape index (κ2) is 5.88. The molecule has 4 rings (SSSR count). The fraction of sp³-hybridized carbons (Fsp3) is 0.238. The number of guanidine groups is 1. The second-order valence-corrected chi connectivity index (χ2v) is 6.84. The van der Waals surface area contributed by atoms with E-state index in [2.05, 4.69) is 67.5 Å². The fourth-order valence-corrected chi connectivity index (χ4v) is 3.45. The fourth-order valence-electron chi connectivity index (χ4n) is 3.45. The number of aliphatic imine (C=N–C) groups is 2. The third-order valence-electron chi connectivity index (χ3n) is 4.68. The van der Waals surface area contributed by atoms with Gasteiger partial charge in [-0.3, -0.25) is 0 Å². The Morgan fingerprint density at radius 1 is 0.760 bits per heavy atom. The molecule has 126 valence electrons. The molecule has 0 spiro atoms. The van der Waals surface area contributed by atoms with Crippen molar-refractivity contribution in [1.29, 1.82) is 0 Å². The standard InChI is InChI=1S/C21H22N4/c1-24(2)18-12-8-7-11-16(18)17-13-14-9-5-6-10-15(14)19-20(17)23-21(22-19)25(3)4/h5-12H,13H2,1-4H3. The van der Waals surface area contributed by atoms with Crippen LogP contribution in [0, 0.1) is 0 Å². The summed E-state index contributed by atoms with van der Waals surface area (Å²) in [5.74, 6) is 0.765. The Bertz CT molecular complexity index is 932. The Balaban J connectivity index is 1.97. The molecular weight excluding hydrogens is 308 g/mol. The Morgan fingerprint density at radius 2 is 1.44 bits per heavy atom. The van der Waals surface area contributed by atoms with E-state index in [9.17, 15) is 0 Å². The first-order chi connectivity index (χ1) is 12.1. The van der Waals surface area contributed by atoms with Crippen LogP contribution in [0.1, 0.15) is 16.7 Å². The van der Waals surface area contributed by atoms with Gasteiger partial charge in [0.05, 0.1) is 5.70 Å². The van der Waals surface area contributed by atoms with Gasteiger partial charge in [0.2, 0.25) is 5.96 Å². The average Bonchev–Trinajstić information content (AvgIpc) is 3.07. The van der Waals surface area contributed by atoms with Crippen LogP contribution in [0.15, 0.2) is 64.2 Å². The number of hydrogen-bond acceptors (Lipinski definition) is 4. The molecule has 4 nitrogen and oxygen atoms in total. The number of anilines is 1. The highest BCUT2D eigenvalue weighted by atomic mass is 15.3. The molecule has 1 aliphatic carbocycles. The predicted molar refractivity (Wildman–Crippen MR) is 105 cm³/mol. The van der Waals surface area contributed by atoms with Crippen LogP contribution in [-0.2, 0) is 6.42 Å². The van der Waals surface area contributed by atoms with Crippen LogP contribution >= 0.6 is 0 Å². The molecule has 0 bridgehead atoms. The van der Waals surface area contributed by atoms with Gasteiger partial charge in [-0.05, 0) is 17.2 Å². The van der Waals surface area contributed by atoms with Gasteiger partial charge in [-0.25, -0.2) is 9.98 Å². The molecule has 4 heteroatoms. The van der Waals surface area contributed by atoms with E-state index in [-0.39, 0.29) is 0 Å². The minimum absolute atomic E-state index is 0.765. The zero-order valence-electron chi connectivity index (χ0n) is 15.1. The van der Waals surface area contributed by atoms with Gasteiger partial charge in [0.1, 0.15) is 5.71 Å². The first-order valence-corrected chi connectivity index (χ1v) is 8.49. The minimum Gasteiger partial charge on any atom is -0.377 e. The summed E-state index contributed by atoms with van der Waals surface area (Å²) in [7, 11) is 8.14. The second-order valence-electron chi connectivity index (χ2n) is 6.84. The van der Waals surface area contributed by atoms with E-state index in [4.69, 9.17) is 9.98 Å². The van der Waals surface area contributed by atoms with Crippen LogP contribution in [0.3, 0.4) is 0 Å². The number of nitrogens with zero attached hydrogens (tertiary/aromatic N) is 4. The van der Waals surface area contributed by atoms with Crippen molar-refractivity contribution in [3.8, 4) is 0 Å². The smallest absolute Gasteiger partial charge is 0.226 e. The van der Waals surface area contributed by atoms with Crippen molar-refractivity contribution >= 4 is 22.9 Å². The maximum atomic E-state index is 4.87. The van der Waals surface area contributed by atoms with Crippen molar-refractivity contribution < 1.29 is 0 Å². The van der Waals surface area contributed by atoms with Crippen LogP contribution in [0.5, 0.6) is 0 Å². The monoisotopic (exact) mass is 330 g/mol. The highest BCUT2D eigenvalue weighted by Crippen LogP contribution is 2.38. The number of hydrogen-bond donors (Lipinski definition) is 0. The van der Waals surface area contributed by atoms with Gasteiger partial charge in [-0.15, -0.1) is 0 Å². The molecule has 0 amide bonds. The zero-order valence-corrected chi connectivity index (χ0v) is 15.1. The molecule has 0 saturated heterocycles. The first-order valence-electron chi connectivity index (χ1n) is 8.49. The van der Waals surface area contributed by atoms with Crippen molar-refractivity contribution in [2.45, 2.75) is 6.42 Å². The molecule has 1 aliphatic heterocycles. The summed E-state index contributed by atoms with van der Waals surface area (Å²) in [4.78, 5) is 13.8. The van der Waals surface area contributed by atoms with Gasteiger partial charge in [-0.1, -0.05) is 42.5 Å². The number of rotatable bonds is 2. The van der Waals surface area contributed by atoms with Crippen LogP contribution in [0.2, 0.25) is 0 Å². The lowest BCUT2D eigenvalue weighted by molar-refractivity contribution is 0.616. The third kappa shape index (κ3) is 2.54. The molecule has 0 N–H and O–H groups in total. The summed E-state index contributed by atoms with van der Waals surface area (Å²) in [5, 5.41) is 0. The Labute approximate surface area is 148 Å². The summed E-state index contributed by atoms with van der Waals surface area (Å²) in [6, 6.07) is 17.0. The van der Waals surface area contributed by atoms with E-state index < -0.39 is 0 Å². The normalized spacial score (nSPS) is 15.4. The molecule has 2 aromatic carbocycles. The maximum Gasteiger partial charge on any atom is 0.226 e. The number of fused-ring (bicyclic) bond motifs is 3. The maximum absolute atomic E-state index is 4.87. The van der Waals surface area contributed by atoms with E-state index in [0.29, 0.717) is 0 Å². The van der Waals surface area contributed by atoms with Crippen molar-refractivity contribution in [1.82, 2.24) is 4.90 Å². The molecule has 0 atom stereocenters. The lowest BCUT2D eigenvalue weighted by Crippen LogP contribution is -2.18. The predicted octanol–water partition coefficient (Wildman–Crippen LogP) is 3.44. The Kier molecular flexibility index (Phi) is 3.68. The molecule has 1 heterocycles. The van der Waals surface area contributed by atoms with Crippen molar-refractivity contribution in [2.75, 3.05) is 33.1 Å². The SMILES string of the molecule is CN(C)C1=NC2=C(c3ccccc3N(C)C)Cc3ccccc3C2=N1. The first kappa shape index (κ1) is 15.6. The number of allylic oxidation sites excluding steroid dienone is 2. The Morgan fingerprint density at radius 3 is 2.16 bits per heavy atom. The van der Waals surface area contributed by atoms with Gasteiger partial charge in [0, 0.05) is 51.4 Å². The van der Waals surface area contributed by atoms with Gasteiger partial charge in [0.25, 0.3) is 0 Å². The summed E-state index contributed by atoms with van der Waals surface area (Å²) in [5.41, 5.74) is 8.20. The lowest BCUT2D eigenvalue weighted by atomic mass is 9.84. The highest BCUT2D eigenvalue weighted by Gasteiger charge is 2.30. The molecule has 2 aliphatic rings.